The maximum absolute atomic E-state index is 6.03. The standard InChI is InChI=1S/C13H9BN2/c14-16-12-9-5-4-8-11(12)15-13(16)10-6-2-1-3-7-10/h1-9H. The molecule has 0 fully saturated rings. The van der Waals surface area contributed by atoms with Crippen LogP contribution in [0.25, 0.3) is 22.4 Å². The van der Waals surface area contributed by atoms with E-state index < -0.39 is 0 Å². The molecule has 0 N–H and O–H groups in total. The van der Waals surface area contributed by atoms with E-state index in [-0.39, 0.29) is 0 Å². The Bertz CT molecular complexity index is 629. The van der Waals surface area contributed by atoms with Gasteiger partial charge in [-0.3, -0.25) is 0 Å². The second kappa shape index (κ2) is 3.52. The summed E-state index contributed by atoms with van der Waals surface area (Å²) in [5.74, 6) is 0.793. The SMILES string of the molecule is [B]n1c(-c2ccccc2)nc2ccccc21. The molecule has 16 heavy (non-hydrogen) atoms. The van der Waals surface area contributed by atoms with Crippen molar-refractivity contribution in [2.45, 2.75) is 0 Å². The molecule has 0 saturated carbocycles. The Hall–Kier alpha value is -2.03. The zero-order chi connectivity index (χ0) is 11.0. The van der Waals surface area contributed by atoms with Gasteiger partial charge in [0.15, 0.2) is 0 Å². The molecule has 1 heterocycles. The van der Waals surface area contributed by atoms with E-state index in [1.165, 1.54) is 0 Å². The van der Waals surface area contributed by atoms with Crippen molar-refractivity contribution < 1.29 is 0 Å². The van der Waals surface area contributed by atoms with Crippen molar-refractivity contribution in [1.29, 1.82) is 0 Å². The third-order valence-electron chi connectivity index (χ3n) is 2.63. The van der Waals surface area contributed by atoms with Crippen molar-refractivity contribution in [2.24, 2.45) is 0 Å². The molecule has 0 aliphatic carbocycles. The molecule has 2 radical (unpaired) electrons. The average Bonchev–Trinajstić information content (AvgIpc) is 2.69. The molecule has 3 aromatic rings. The summed E-state index contributed by atoms with van der Waals surface area (Å²) in [6.45, 7) is 0. The Balaban J connectivity index is 2.29. The second-order valence-electron chi connectivity index (χ2n) is 3.66. The highest BCUT2D eigenvalue weighted by Crippen LogP contribution is 2.22. The number of benzene rings is 2. The first kappa shape index (κ1) is 9.22. The van der Waals surface area contributed by atoms with E-state index in [0.29, 0.717) is 0 Å². The fourth-order valence-corrected chi connectivity index (χ4v) is 1.84. The van der Waals surface area contributed by atoms with Gasteiger partial charge >= 0.3 is 0 Å². The molecular formula is C13H9BN2. The largest absolute Gasteiger partial charge is 0.381 e. The van der Waals surface area contributed by atoms with Crippen LogP contribution < -0.4 is 0 Å². The van der Waals surface area contributed by atoms with Crippen molar-refractivity contribution in [2.75, 3.05) is 0 Å². The molecule has 0 amide bonds. The van der Waals surface area contributed by atoms with Crippen molar-refractivity contribution >= 4 is 19.0 Å². The second-order valence-corrected chi connectivity index (χ2v) is 3.66. The minimum atomic E-state index is 0.793. The van der Waals surface area contributed by atoms with E-state index in [1.54, 1.807) is 4.48 Å². The molecular weight excluding hydrogens is 195 g/mol. The maximum Gasteiger partial charge on any atom is 0.236 e. The number of para-hydroxylation sites is 2. The first-order chi connectivity index (χ1) is 7.86. The van der Waals surface area contributed by atoms with Crippen molar-refractivity contribution in [3.05, 3.63) is 54.6 Å². The Morgan fingerprint density at radius 2 is 1.56 bits per heavy atom. The van der Waals surface area contributed by atoms with Crippen molar-refractivity contribution in [3.63, 3.8) is 0 Å². The summed E-state index contributed by atoms with van der Waals surface area (Å²) in [6.07, 6.45) is 0. The molecule has 3 rings (SSSR count). The van der Waals surface area contributed by atoms with E-state index in [1.807, 2.05) is 54.6 Å². The highest BCUT2D eigenvalue weighted by atomic mass is 15.0. The van der Waals surface area contributed by atoms with E-state index in [2.05, 4.69) is 4.98 Å². The van der Waals surface area contributed by atoms with Gasteiger partial charge in [0.25, 0.3) is 0 Å². The molecule has 0 unspecified atom stereocenters. The summed E-state index contributed by atoms with van der Waals surface area (Å²) >= 11 is 0. The number of fused-ring (bicyclic) bond motifs is 1. The quantitative estimate of drug-likeness (QED) is 0.557. The third kappa shape index (κ3) is 1.33. The fraction of sp³-hybridized carbons (Fsp3) is 0. The summed E-state index contributed by atoms with van der Waals surface area (Å²) < 4.78 is 1.63. The van der Waals surface area contributed by atoms with Crippen LogP contribution in [0.3, 0.4) is 0 Å². The van der Waals surface area contributed by atoms with E-state index in [0.717, 1.165) is 22.4 Å². The number of aromatic nitrogens is 2. The van der Waals surface area contributed by atoms with Crippen LogP contribution in [0.5, 0.6) is 0 Å². The Morgan fingerprint density at radius 3 is 2.31 bits per heavy atom. The van der Waals surface area contributed by atoms with Crippen LogP contribution in [0.4, 0.5) is 0 Å². The highest BCUT2D eigenvalue weighted by Gasteiger charge is 2.07. The monoisotopic (exact) mass is 204 g/mol. The fourth-order valence-electron chi connectivity index (χ4n) is 1.84. The zero-order valence-corrected chi connectivity index (χ0v) is 8.67. The van der Waals surface area contributed by atoms with E-state index in [4.69, 9.17) is 7.98 Å². The van der Waals surface area contributed by atoms with Crippen LogP contribution in [0.2, 0.25) is 0 Å². The smallest absolute Gasteiger partial charge is 0.236 e. The van der Waals surface area contributed by atoms with Crippen LogP contribution in [-0.2, 0) is 0 Å². The summed E-state index contributed by atoms with van der Waals surface area (Å²) in [6, 6.07) is 17.8. The number of hydrogen-bond acceptors (Lipinski definition) is 1. The molecule has 2 aromatic carbocycles. The van der Waals surface area contributed by atoms with Gasteiger partial charge in [-0.15, -0.1) is 0 Å². The van der Waals surface area contributed by atoms with E-state index in [9.17, 15) is 0 Å². The van der Waals surface area contributed by atoms with Gasteiger partial charge in [0.2, 0.25) is 7.98 Å². The van der Waals surface area contributed by atoms with Crippen LogP contribution in [-0.4, -0.2) is 17.4 Å². The third-order valence-corrected chi connectivity index (χ3v) is 2.63. The molecule has 0 spiro atoms. The molecule has 74 valence electrons. The van der Waals surface area contributed by atoms with Crippen LogP contribution in [0, 0.1) is 0 Å². The average molecular weight is 204 g/mol. The minimum absolute atomic E-state index is 0.793. The summed E-state index contributed by atoms with van der Waals surface area (Å²) in [7, 11) is 6.03. The lowest BCUT2D eigenvalue weighted by atomic mass is 10.2. The number of nitrogens with zero attached hydrogens (tertiary/aromatic N) is 2. The highest BCUT2D eigenvalue weighted by molar-refractivity contribution is 6.13. The zero-order valence-electron chi connectivity index (χ0n) is 8.67. The van der Waals surface area contributed by atoms with Gasteiger partial charge in [-0.1, -0.05) is 42.5 Å². The summed E-state index contributed by atoms with van der Waals surface area (Å²) in [5, 5.41) is 0. The lowest BCUT2D eigenvalue weighted by Crippen LogP contribution is -1.94. The summed E-state index contributed by atoms with van der Waals surface area (Å²) in [4.78, 5) is 4.52. The molecule has 0 saturated heterocycles. The van der Waals surface area contributed by atoms with Gasteiger partial charge in [0, 0.05) is 5.56 Å². The topological polar surface area (TPSA) is 17.8 Å². The lowest BCUT2D eigenvalue weighted by Gasteiger charge is -2.01. The molecule has 3 heteroatoms. The number of hydrogen-bond donors (Lipinski definition) is 0. The van der Waals surface area contributed by atoms with Gasteiger partial charge in [-0.25, -0.2) is 4.98 Å². The Labute approximate surface area is 95.0 Å². The first-order valence-corrected chi connectivity index (χ1v) is 5.14. The number of rotatable bonds is 1. The van der Waals surface area contributed by atoms with Gasteiger partial charge in [-0.05, 0) is 12.1 Å². The van der Waals surface area contributed by atoms with Gasteiger partial charge in [0.05, 0.1) is 11.0 Å². The first-order valence-electron chi connectivity index (χ1n) is 5.14. The summed E-state index contributed by atoms with van der Waals surface area (Å²) in [5.41, 5.74) is 2.89. The van der Waals surface area contributed by atoms with Crippen LogP contribution >= 0.6 is 0 Å². The Morgan fingerprint density at radius 1 is 0.875 bits per heavy atom. The maximum atomic E-state index is 6.03. The molecule has 0 bridgehead atoms. The predicted octanol–water partition coefficient (Wildman–Crippen LogP) is 2.63. The molecule has 0 aliphatic rings. The van der Waals surface area contributed by atoms with Crippen molar-refractivity contribution in [1.82, 2.24) is 9.46 Å². The lowest BCUT2D eigenvalue weighted by molar-refractivity contribution is 1.25. The normalized spacial score (nSPS) is 10.8. The predicted molar refractivity (Wildman–Crippen MR) is 66.3 cm³/mol. The Kier molecular flexibility index (Phi) is 2.03. The van der Waals surface area contributed by atoms with Crippen LogP contribution in [0.1, 0.15) is 0 Å². The minimum Gasteiger partial charge on any atom is -0.381 e. The van der Waals surface area contributed by atoms with Gasteiger partial charge in [0.1, 0.15) is 5.82 Å². The number of imidazole rings is 1. The van der Waals surface area contributed by atoms with Crippen LogP contribution in [0.15, 0.2) is 54.6 Å². The molecule has 0 atom stereocenters. The molecule has 0 aliphatic heterocycles. The van der Waals surface area contributed by atoms with E-state index >= 15 is 0 Å². The molecule has 1 aromatic heterocycles. The van der Waals surface area contributed by atoms with Gasteiger partial charge in [-0.2, -0.15) is 0 Å². The van der Waals surface area contributed by atoms with Gasteiger partial charge < -0.3 is 4.48 Å². The molecule has 2 nitrogen and oxygen atoms in total. The van der Waals surface area contributed by atoms with Crippen molar-refractivity contribution in [3.8, 4) is 11.4 Å².